The Morgan fingerprint density at radius 1 is 0.516 bits per heavy atom. The summed E-state index contributed by atoms with van der Waals surface area (Å²) in [4.78, 5) is 0. The number of rotatable bonds is 21. The van der Waals surface area contributed by atoms with E-state index >= 15 is 0 Å². The number of hydrogen-bond acceptors (Lipinski definition) is 2. The van der Waals surface area contributed by atoms with Crippen molar-refractivity contribution in [3.05, 3.63) is 0 Å². The molecule has 0 saturated carbocycles. The molecule has 0 heterocycles. The molecule has 0 spiro atoms. The minimum Gasteiger partial charge on any atom is -0.264 e. The zero-order chi connectivity index (χ0) is 23.8. The molecule has 1 atom stereocenters. The molecule has 0 aliphatic rings. The second-order valence-electron chi connectivity index (χ2n) is 9.36. The van der Waals surface area contributed by atoms with Gasteiger partial charge in [-0.3, -0.25) is 9.11 Å². The Balaban J connectivity index is 0. The quantitative estimate of drug-likeness (QED) is 0.0971. The van der Waals surface area contributed by atoms with E-state index in [1.807, 2.05) is 0 Å². The summed E-state index contributed by atoms with van der Waals surface area (Å²) in [5, 5.41) is 0.556. The van der Waals surface area contributed by atoms with E-state index in [-0.39, 0.29) is 0 Å². The fourth-order valence-corrected chi connectivity index (χ4v) is 4.76. The lowest BCUT2D eigenvalue weighted by molar-refractivity contribution is 0.381. The van der Waals surface area contributed by atoms with Gasteiger partial charge in [0.25, 0.3) is 0 Å². The van der Waals surface area contributed by atoms with Crippen molar-refractivity contribution in [2.24, 2.45) is 0 Å². The maximum absolute atomic E-state index is 8.74. The largest absolute Gasteiger partial charge is 0.394 e. The highest BCUT2D eigenvalue weighted by molar-refractivity contribution is 7.79. The number of unbranched alkanes of at least 4 members (excludes halogenated alkanes) is 15. The van der Waals surface area contributed by atoms with Crippen molar-refractivity contribution >= 4 is 19.6 Å². The highest BCUT2D eigenvalue weighted by Gasteiger charge is 2.23. The Morgan fingerprint density at radius 2 is 0.710 bits per heavy atom. The lowest BCUT2D eigenvalue weighted by Crippen LogP contribution is -2.20. The molecule has 1 unspecified atom stereocenters. The first kappa shape index (κ1) is 33.5. The van der Waals surface area contributed by atoms with Crippen LogP contribution in [-0.2, 0) is 10.4 Å². The standard InChI is InChI=1S/C25H53P.H2O4S/c1-4-7-10-13-16-19-22-25(26,23-20-17-14-11-8-5-2)24-21-18-15-12-9-6-3;1-5(2,3)4/h4-24,26H2,1-3H3;(H2,1,2,3,4). The van der Waals surface area contributed by atoms with Crippen molar-refractivity contribution in [1.29, 1.82) is 0 Å². The average molecular weight is 483 g/mol. The third-order valence-electron chi connectivity index (χ3n) is 6.08. The van der Waals surface area contributed by atoms with Crippen molar-refractivity contribution in [3.63, 3.8) is 0 Å². The van der Waals surface area contributed by atoms with Crippen LogP contribution in [0.4, 0.5) is 0 Å². The van der Waals surface area contributed by atoms with Gasteiger partial charge in [-0.2, -0.15) is 8.42 Å². The molecule has 0 fully saturated rings. The summed E-state index contributed by atoms with van der Waals surface area (Å²) in [6, 6.07) is 0. The molecule has 0 aromatic carbocycles. The molecule has 0 bridgehead atoms. The smallest absolute Gasteiger partial charge is 0.264 e. The predicted molar refractivity (Wildman–Crippen MR) is 141 cm³/mol. The average Bonchev–Trinajstić information content (AvgIpc) is 2.69. The van der Waals surface area contributed by atoms with E-state index in [0.717, 1.165) is 0 Å². The summed E-state index contributed by atoms with van der Waals surface area (Å²) in [5.74, 6) is 0. The SMILES string of the molecule is CCCCCCCCC(P)(CCCCCCCC)CCCCCCCC.O=S(=O)(O)O. The van der Waals surface area contributed by atoms with Crippen LogP contribution in [0.25, 0.3) is 0 Å². The van der Waals surface area contributed by atoms with Crippen molar-refractivity contribution in [2.45, 2.75) is 161 Å². The van der Waals surface area contributed by atoms with Gasteiger partial charge in [0.05, 0.1) is 0 Å². The van der Waals surface area contributed by atoms with Crippen molar-refractivity contribution < 1.29 is 17.5 Å². The van der Waals surface area contributed by atoms with Gasteiger partial charge < -0.3 is 0 Å². The fourth-order valence-electron chi connectivity index (χ4n) is 4.15. The minimum atomic E-state index is -4.67. The Hall–Kier alpha value is 0.300. The first-order valence-electron chi connectivity index (χ1n) is 13.2. The van der Waals surface area contributed by atoms with E-state index in [2.05, 4.69) is 30.0 Å². The molecule has 0 radical (unpaired) electrons. The van der Waals surface area contributed by atoms with Crippen LogP contribution in [0.2, 0.25) is 0 Å². The van der Waals surface area contributed by atoms with Gasteiger partial charge in [-0.05, 0) is 24.4 Å². The summed E-state index contributed by atoms with van der Waals surface area (Å²) in [6.07, 6.45) is 30.2. The maximum atomic E-state index is 8.74. The molecule has 0 rings (SSSR count). The summed E-state index contributed by atoms with van der Waals surface area (Å²) >= 11 is 0. The highest BCUT2D eigenvalue weighted by Crippen LogP contribution is 2.37. The molecule has 4 nitrogen and oxygen atoms in total. The molecule has 2 N–H and O–H groups in total. The molecule has 6 heteroatoms. The predicted octanol–water partition coefficient (Wildman–Crippen LogP) is 9.20. The topological polar surface area (TPSA) is 74.6 Å². The van der Waals surface area contributed by atoms with E-state index in [4.69, 9.17) is 17.5 Å². The summed E-state index contributed by atoms with van der Waals surface area (Å²) < 4.78 is 31.6. The zero-order valence-corrected chi connectivity index (χ0v) is 23.0. The van der Waals surface area contributed by atoms with Gasteiger partial charge >= 0.3 is 10.4 Å². The monoisotopic (exact) mass is 482 g/mol. The van der Waals surface area contributed by atoms with E-state index in [1.165, 1.54) is 135 Å². The summed E-state index contributed by atoms with van der Waals surface area (Å²) in [5.41, 5.74) is 0. The third-order valence-corrected chi connectivity index (χ3v) is 6.95. The highest BCUT2D eigenvalue weighted by atomic mass is 32.3. The molecule has 190 valence electrons. The Bertz CT molecular complexity index is 406. The minimum absolute atomic E-state index is 0.556. The summed E-state index contributed by atoms with van der Waals surface area (Å²) in [6.45, 7) is 6.94. The molecule has 0 aliphatic carbocycles. The molecule has 0 aromatic rings. The first-order chi connectivity index (χ1) is 14.7. The Kier molecular flexibility index (Phi) is 25.3. The van der Waals surface area contributed by atoms with Crippen molar-refractivity contribution in [1.82, 2.24) is 0 Å². The van der Waals surface area contributed by atoms with E-state index in [0.29, 0.717) is 5.16 Å². The maximum Gasteiger partial charge on any atom is 0.394 e. The lowest BCUT2D eigenvalue weighted by atomic mass is 9.88. The van der Waals surface area contributed by atoms with E-state index < -0.39 is 10.4 Å². The second kappa shape index (κ2) is 23.5. The van der Waals surface area contributed by atoms with Crippen LogP contribution in [-0.4, -0.2) is 22.7 Å². The van der Waals surface area contributed by atoms with Gasteiger partial charge in [0.2, 0.25) is 0 Å². The number of hydrogen-bond donors (Lipinski definition) is 2. The van der Waals surface area contributed by atoms with Gasteiger partial charge in [-0.15, -0.1) is 9.24 Å². The van der Waals surface area contributed by atoms with Crippen molar-refractivity contribution in [3.8, 4) is 0 Å². The van der Waals surface area contributed by atoms with Crippen LogP contribution in [0.15, 0.2) is 0 Å². The Labute approximate surface area is 197 Å². The lowest BCUT2D eigenvalue weighted by Gasteiger charge is -2.30. The van der Waals surface area contributed by atoms with Crippen molar-refractivity contribution in [2.75, 3.05) is 0 Å². The zero-order valence-electron chi connectivity index (χ0n) is 21.0. The van der Waals surface area contributed by atoms with Gasteiger partial charge in [-0.25, -0.2) is 0 Å². The molecule has 0 saturated heterocycles. The van der Waals surface area contributed by atoms with Gasteiger partial charge in [-0.1, -0.05) is 136 Å². The van der Waals surface area contributed by atoms with Crippen LogP contribution in [0.1, 0.15) is 156 Å². The first-order valence-corrected chi connectivity index (χ1v) is 15.1. The van der Waals surface area contributed by atoms with E-state index in [1.54, 1.807) is 0 Å². The van der Waals surface area contributed by atoms with Gasteiger partial charge in [0.15, 0.2) is 0 Å². The van der Waals surface area contributed by atoms with Crippen LogP contribution in [0.3, 0.4) is 0 Å². The molecule has 0 amide bonds. The van der Waals surface area contributed by atoms with E-state index in [9.17, 15) is 0 Å². The normalized spacial score (nSPS) is 11.9. The molecular formula is C25H55O4PS. The van der Waals surface area contributed by atoms with Gasteiger partial charge in [0, 0.05) is 0 Å². The summed E-state index contributed by atoms with van der Waals surface area (Å²) in [7, 11) is -1.33. The third kappa shape index (κ3) is 32.6. The second-order valence-corrected chi connectivity index (χ2v) is 11.5. The molecule has 0 aromatic heterocycles. The Morgan fingerprint density at radius 3 is 0.935 bits per heavy atom. The van der Waals surface area contributed by atoms with Crippen LogP contribution >= 0.6 is 9.24 Å². The molecular weight excluding hydrogens is 427 g/mol. The van der Waals surface area contributed by atoms with Gasteiger partial charge in [0.1, 0.15) is 0 Å². The van der Waals surface area contributed by atoms with Crippen LogP contribution < -0.4 is 0 Å². The van der Waals surface area contributed by atoms with Crippen LogP contribution in [0, 0.1) is 0 Å². The molecule has 0 aliphatic heterocycles. The fraction of sp³-hybridized carbons (Fsp3) is 1.00. The van der Waals surface area contributed by atoms with Crippen LogP contribution in [0.5, 0.6) is 0 Å². The molecule has 31 heavy (non-hydrogen) atoms.